The summed E-state index contributed by atoms with van der Waals surface area (Å²) in [4.78, 5) is 15.1. The van der Waals surface area contributed by atoms with Crippen LogP contribution < -0.4 is 9.47 Å². The maximum absolute atomic E-state index is 13.2. The minimum absolute atomic E-state index is 0.00300. The van der Waals surface area contributed by atoms with E-state index in [1.807, 2.05) is 47.4 Å². The van der Waals surface area contributed by atoms with Crippen LogP contribution in [0.1, 0.15) is 23.2 Å². The molecule has 1 atom stereocenters. The van der Waals surface area contributed by atoms with Crippen LogP contribution in [0.15, 0.2) is 42.5 Å². The van der Waals surface area contributed by atoms with Gasteiger partial charge in [0, 0.05) is 13.7 Å². The van der Waals surface area contributed by atoms with Gasteiger partial charge in [0.1, 0.15) is 11.5 Å². The molecule has 5 heteroatoms. The average molecular weight is 355 g/mol. The molecule has 26 heavy (non-hydrogen) atoms. The predicted octanol–water partition coefficient (Wildman–Crippen LogP) is 3.62. The van der Waals surface area contributed by atoms with Gasteiger partial charge in [0.25, 0.3) is 5.91 Å². The Labute approximate surface area is 154 Å². The Balaban J connectivity index is 1.93. The summed E-state index contributed by atoms with van der Waals surface area (Å²) in [5.74, 6) is 1.39. The van der Waals surface area contributed by atoms with Gasteiger partial charge < -0.3 is 19.1 Å². The molecule has 0 unspecified atom stereocenters. The highest BCUT2D eigenvalue weighted by Crippen LogP contribution is 2.30. The lowest BCUT2D eigenvalue weighted by Gasteiger charge is -2.25. The van der Waals surface area contributed by atoms with Crippen LogP contribution in [0.2, 0.25) is 0 Å². The Kier molecular flexibility index (Phi) is 5.78. The summed E-state index contributed by atoms with van der Waals surface area (Å²) in [6.45, 7) is 1.31. The Morgan fingerprint density at radius 2 is 1.77 bits per heavy atom. The fourth-order valence-corrected chi connectivity index (χ4v) is 3.46. The molecule has 0 N–H and O–H groups in total. The number of carbonyl (C=O) groups is 1. The van der Waals surface area contributed by atoms with Crippen molar-refractivity contribution < 1.29 is 19.0 Å². The highest BCUT2D eigenvalue weighted by molar-refractivity contribution is 5.98. The molecule has 0 aliphatic carbocycles. The van der Waals surface area contributed by atoms with Crippen LogP contribution in [0.5, 0.6) is 11.5 Å². The standard InChI is InChI=1S/C21H25NO4/c1-24-14-17-5-4-12-22(17)21(23)19-13-16(8-11-20(19)26-3)15-6-9-18(25-2)10-7-15/h6-11,13,17H,4-5,12,14H2,1-3H3/t17-/m0/s1. The molecule has 1 saturated heterocycles. The Bertz CT molecular complexity index is 757. The van der Waals surface area contributed by atoms with Crippen molar-refractivity contribution in [3.63, 3.8) is 0 Å². The van der Waals surface area contributed by atoms with Crippen molar-refractivity contribution >= 4 is 5.91 Å². The van der Waals surface area contributed by atoms with Crippen LogP contribution in [0.25, 0.3) is 11.1 Å². The number of hydrogen-bond acceptors (Lipinski definition) is 4. The minimum atomic E-state index is -0.00300. The van der Waals surface area contributed by atoms with Crippen molar-refractivity contribution in [1.82, 2.24) is 4.90 Å². The van der Waals surface area contributed by atoms with E-state index in [4.69, 9.17) is 14.2 Å². The van der Waals surface area contributed by atoms with E-state index in [-0.39, 0.29) is 11.9 Å². The number of nitrogens with zero attached hydrogens (tertiary/aromatic N) is 1. The van der Waals surface area contributed by atoms with Gasteiger partial charge >= 0.3 is 0 Å². The zero-order chi connectivity index (χ0) is 18.5. The zero-order valence-corrected chi connectivity index (χ0v) is 15.5. The van der Waals surface area contributed by atoms with Gasteiger partial charge in [0.15, 0.2) is 0 Å². The molecule has 1 fully saturated rings. The topological polar surface area (TPSA) is 48.0 Å². The molecule has 0 aromatic heterocycles. The van der Waals surface area contributed by atoms with E-state index in [0.29, 0.717) is 17.9 Å². The first-order valence-electron chi connectivity index (χ1n) is 8.80. The second-order valence-electron chi connectivity index (χ2n) is 6.39. The second-order valence-corrected chi connectivity index (χ2v) is 6.39. The molecule has 0 bridgehead atoms. The fourth-order valence-electron chi connectivity index (χ4n) is 3.46. The highest BCUT2D eigenvalue weighted by atomic mass is 16.5. The summed E-state index contributed by atoms with van der Waals surface area (Å²) < 4.78 is 15.9. The lowest BCUT2D eigenvalue weighted by Crippen LogP contribution is -2.38. The number of ether oxygens (including phenoxy) is 3. The van der Waals surface area contributed by atoms with Crippen LogP contribution in [0, 0.1) is 0 Å². The quantitative estimate of drug-likeness (QED) is 0.794. The van der Waals surface area contributed by atoms with Crippen molar-refractivity contribution in [3.8, 4) is 22.6 Å². The van der Waals surface area contributed by atoms with Gasteiger partial charge in [-0.15, -0.1) is 0 Å². The smallest absolute Gasteiger partial charge is 0.257 e. The molecule has 0 radical (unpaired) electrons. The summed E-state index contributed by atoms with van der Waals surface area (Å²) in [5.41, 5.74) is 2.58. The van der Waals surface area contributed by atoms with Crippen LogP contribution in [-0.4, -0.2) is 51.3 Å². The van der Waals surface area contributed by atoms with E-state index in [0.717, 1.165) is 36.3 Å². The van der Waals surface area contributed by atoms with E-state index in [1.165, 1.54) is 0 Å². The first-order valence-corrected chi connectivity index (χ1v) is 8.80. The maximum atomic E-state index is 13.2. The SMILES string of the molecule is COC[C@@H]1CCCN1C(=O)c1cc(-c2ccc(OC)cc2)ccc1OC. The largest absolute Gasteiger partial charge is 0.497 e. The molecular formula is C21H25NO4. The molecule has 5 nitrogen and oxygen atoms in total. The molecule has 1 amide bonds. The van der Waals surface area contributed by atoms with E-state index in [9.17, 15) is 4.79 Å². The van der Waals surface area contributed by atoms with Gasteiger partial charge in [-0.25, -0.2) is 0 Å². The first kappa shape index (κ1) is 18.3. The zero-order valence-electron chi connectivity index (χ0n) is 15.5. The lowest BCUT2D eigenvalue weighted by atomic mass is 10.0. The van der Waals surface area contributed by atoms with Gasteiger partial charge in [-0.05, 0) is 48.2 Å². The third-order valence-electron chi connectivity index (χ3n) is 4.85. The normalized spacial score (nSPS) is 16.6. The number of rotatable bonds is 6. The number of carbonyl (C=O) groups excluding carboxylic acids is 1. The first-order chi connectivity index (χ1) is 12.7. The Hall–Kier alpha value is -2.53. The van der Waals surface area contributed by atoms with Crippen LogP contribution in [-0.2, 0) is 4.74 Å². The maximum Gasteiger partial charge on any atom is 0.257 e. The van der Waals surface area contributed by atoms with E-state index in [1.54, 1.807) is 21.3 Å². The molecular weight excluding hydrogens is 330 g/mol. The van der Waals surface area contributed by atoms with Crippen molar-refractivity contribution in [2.45, 2.75) is 18.9 Å². The van der Waals surface area contributed by atoms with Crippen molar-refractivity contribution in [1.29, 1.82) is 0 Å². The van der Waals surface area contributed by atoms with E-state index in [2.05, 4.69) is 0 Å². The molecule has 138 valence electrons. The van der Waals surface area contributed by atoms with E-state index < -0.39 is 0 Å². The summed E-state index contributed by atoms with van der Waals surface area (Å²) in [6.07, 6.45) is 1.97. The van der Waals surface area contributed by atoms with Crippen molar-refractivity contribution in [2.75, 3.05) is 34.5 Å². The average Bonchev–Trinajstić information content (AvgIpc) is 3.15. The number of benzene rings is 2. The van der Waals surface area contributed by atoms with Gasteiger partial charge in [-0.3, -0.25) is 4.79 Å². The van der Waals surface area contributed by atoms with Crippen LogP contribution in [0.3, 0.4) is 0 Å². The number of hydrogen-bond donors (Lipinski definition) is 0. The molecule has 1 heterocycles. The van der Waals surface area contributed by atoms with Crippen LogP contribution >= 0.6 is 0 Å². The van der Waals surface area contributed by atoms with Gasteiger partial charge in [-0.2, -0.15) is 0 Å². The van der Waals surface area contributed by atoms with Gasteiger partial charge in [0.05, 0.1) is 32.4 Å². The molecule has 0 spiro atoms. The van der Waals surface area contributed by atoms with Crippen molar-refractivity contribution in [3.05, 3.63) is 48.0 Å². The highest BCUT2D eigenvalue weighted by Gasteiger charge is 2.30. The van der Waals surface area contributed by atoms with Crippen molar-refractivity contribution in [2.24, 2.45) is 0 Å². The molecule has 2 aromatic carbocycles. The van der Waals surface area contributed by atoms with Gasteiger partial charge in [-0.1, -0.05) is 18.2 Å². The second kappa shape index (κ2) is 8.23. The Morgan fingerprint density at radius 1 is 1.04 bits per heavy atom. The van der Waals surface area contributed by atoms with Gasteiger partial charge in [0.2, 0.25) is 0 Å². The Morgan fingerprint density at radius 3 is 2.42 bits per heavy atom. The minimum Gasteiger partial charge on any atom is -0.497 e. The number of amides is 1. The third kappa shape index (κ3) is 3.68. The monoisotopic (exact) mass is 355 g/mol. The van der Waals surface area contributed by atoms with Crippen LogP contribution in [0.4, 0.5) is 0 Å². The lowest BCUT2D eigenvalue weighted by molar-refractivity contribution is 0.0627. The fraction of sp³-hybridized carbons (Fsp3) is 0.381. The summed E-state index contributed by atoms with van der Waals surface area (Å²) in [6, 6.07) is 13.7. The summed E-state index contributed by atoms with van der Waals surface area (Å²) in [7, 11) is 4.91. The molecule has 1 aliphatic heterocycles. The number of likely N-dealkylation sites (tertiary alicyclic amines) is 1. The molecule has 0 saturated carbocycles. The number of methoxy groups -OCH3 is 3. The third-order valence-corrected chi connectivity index (χ3v) is 4.85. The molecule has 1 aliphatic rings. The predicted molar refractivity (Wildman–Crippen MR) is 101 cm³/mol. The summed E-state index contributed by atoms with van der Waals surface area (Å²) >= 11 is 0. The molecule has 3 rings (SSSR count). The summed E-state index contributed by atoms with van der Waals surface area (Å²) in [5, 5.41) is 0. The van der Waals surface area contributed by atoms with E-state index >= 15 is 0 Å². The molecule has 2 aromatic rings.